The van der Waals surface area contributed by atoms with Crippen LogP contribution in [0, 0.1) is 0 Å². The monoisotopic (exact) mass is 339 g/mol. The number of nitrogens with one attached hydrogen (secondary N) is 1. The number of halogens is 3. The zero-order chi connectivity index (χ0) is 16.9. The summed E-state index contributed by atoms with van der Waals surface area (Å²) in [5, 5.41) is 7.89. The Morgan fingerprint density at radius 2 is 2.12 bits per heavy atom. The SMILES string of the molecule is Nc1ncc(-c2cc3n(n2)CCC32CCNC2)cc1OC(F)(F)F. The van der Waals surface area contributed by atoms with Gasteiger partial charge in [0.25, 0.3) is 0 Å². The first-order chi connectivity index (χ1) is 11.4. The number of rotatable bonds is 2. The lowest BCUT2D eigenvalue weighted by Gasteiger charge is -2.20. The first kappa shape index (κ1) is 15.3. The van der Waals surface area contributed by atoms with Crippen molar-refractivity contribution in [2.24, 2.45) is 0 Å². The van der Waals surface area contributed by atoms with Gasteiger partial charge in [0, 0.05) is 36.0 Å². The molecule has 9 heteroatoms. The highest BCUT2D eigenvalue weighted by atomic mass is 19.4. The Balaban J connectivity index is 1.69. The van der Waals surface area contributed by atoms with E-state index in [0.717, 1.165) is 38.2 Å². The van der Waals surface area contributed by atoms with Crippen molar-refractivity contribution in [1.82, 2.24) is 20.1 Å². The van der Waals surface area contributed by atoms with Crippen molar-refractivity contribution in [3.05, 3.63) is 24.0 Å². The van der Waals surface area contributed by atoms with Gasteiger partial charge in [-0.3, -0.25) is 4.68 Å². The maximum Gasteiger partial charge on any atom is 0.573 e. The summed E-state index contributed by atoms with van der Waals surface area (Å²) in [5.41, 5.74) is 7.71. The second kappa shape index (κ2) is 5.10. The lowest BCUT2D eigenvalue weighted by Crippen LogP contribution is -2.25. The number of nitrogen functional groups attached to an aromatic ring is 1. The highest BCUT2D eigenvalue weighted by Gasteiger charge is 2.42. The molecule has 4 rings (SSSR count). The molecule has 1 saturated heterocycles. The number of hydrogen-bond acceptors (Lipinski definition) is 5. The quantitative estimate of drug-likeness (QED) is 0.876. The molecule has 4 heterocycles. The first-order valence-corrected chi connectivity index (χ1v) is 7.67. The van der Waals surface area contributed by atoms with Crippen LogP contribution in [-0.2, 0) is 12.0 Å². The number of aryl methyl sites for hydroxylation is 1. The van der Waals surface area contributed by atoms with Gasteiger partial charge in [-0.15, -0.1) is 13.2 Å². The largest absolute Gasteiger partial charge is 0.573 e. The number of fused-ring (bicyclic) bond motifs is 2. The second-order valence-corrected chi connectivity index (χ2v) is 6.25. The van der Waals surface area contributed by atoms with E-state index in [2.05, 4.69) is 20.1 Å². The zero-order valence-corrected chi connectivity index (χ0v) is 12.7. The fraction of sp³-hybridized carbons (Fsp3) is 0.467. The maximum absolute atomic E-state index is 12.5. The lowest BCUT2D eigenvalue weighted by atomic mass is 9.82. The maximum atomic E-state index is 12.5. The predicted octanol–water partition coefficient (Wildman–Crippen LogP) is 2.06. The van der Waals surface area contributed by atoms with E-state index in [-0.39, 0.29) is 11.2 Å². The molecule has 2 aromatic heterocycles. The van der Waals surface area contributed by atoms with Gasteiger partial charge in [-0.25, -0.2) is 4.98 Å². The van der Waals surface area contributed by atoms with Crippen molar-refractivity contribution in [1.29, 1.82) is 0 Å². The number of nitrogens with two attached hydrogens (primary N) is 1. The lowest BCUT2D eigenvalue weighted by molar-refractivity contribution is -0.274. The minimum Gasteiger partial charge on any atom is -0.402 e. The fourth-order valence-electron chi connectivity index (χ4n) is 3.58. The molecule has 2 aliphatic heterocycles. The van der Waals surface area contributed by atoms with Gasteiger partial charge in [-0.1, -0.05) is 0 Å². The molecule has 1 spiro atoms. The van der Waals surface area contributed by atoms with Crippen molar-refractivity contribution in [2.75, 3.05) is 18.8 Å². The van der Waals surface area contributed by atoms with Crippen LogP contribution in [0.3, 0.4) is 0 Å². The Morgan fingerprint density at radius 3 is 2.83 bits per heavy atom. The van der Waals surface area contributed by atoms with Gasteiger partial charge in [0.15, 0.2) is 11.6 Å². The zero-order valence-electron chi connectivity index (χ0n) is 12.7. The molecular weight excluding hydrogens is 323 g/mol. The highest BCUT2D eigenvalue weighted by molar-refractivity contribution is 5.64. The Bertz CT molecular complexity index is 780. The highest BCUT2D eigenvalue weighted by Crippen LogP contribution is 2.41. The molecule has 0 bridgehead atoms. The van der Waals surface area contributed by atoms with Crippen LogP contribution in [0.1, 0.15) is 18.5 Å². The summed E-state index contributed by atoms with van der Waals surface area (Å²) >= 11 is 0. The molecule has 2 aromatic rings. The Labute approximate surface area is 135 Å². The summed E-state index contributed by atoms with van der Waals surface area (Å²) in [6.07, 6.45) is -1.33. The molecule has 6 nitrogen and oxygen atoms in total. The van der Waals surface area contributed by atoms with E-state index < -0.39 is 12.1 Å². The number of ether oxygens (including phenoxy) is 1. The fourth-order valence-corrected chi connectivity index (χ4v) is 3.58. The number of aromatic nitrogens is 3. The summed E-state index contributed by atoms with van der Waals surface area (Å²) in [6, 6.07) is 3.16. The molecule has 1 fully saturated rings. The molecule has 0 radical (unpaired) electrons. The Morgan fingerprint density at radius 1 is 1.29 bits per heavy atom. The first-order valence-electron chi connectivity index (χ1n) is 7.67. The van der Waals surface area contributed by atoms with Crippen molar-refractivity contribution < 1.29 is 17.9 Å². The van der Waals surface area contributed by atoms with E-state index in [1.54, 1.807) is 0 Å². The van der Waals surface area contributed by atoms with Crippen molar-refractivity contribution in [2.45, 2.75) is 31.2 Å². The van der Waals surface area contributed by atoms with Crippen LogP contribution in [0.15, 0.2) is 18.3 Å². The second-order valence-electron chi connectivity index (χ2n) is 6.25. The average Bonchev–Trinajstić information content (AvgIpc) is 3.19. The molecule has 2 aliphatic rings. The molecule has 0 saturated carbocycles. The number of nitrogens with zero attached hydrogens (tertiary/aromatic N) is 3. The summed E-state index contributed by atoms with van der Waals surface area (Å²) in [6.45, 7) is 2.68. The molecule has 0 aliphatic carbocycles. The summed E-state index contributed by atoms with van der Waals surface area (Å²) in [4.78, 5) is 3.80. The van der Waals surface area contributed by atoms with E-state index in [4.69, 9.17) is 5.73 Å². The predicted molar refractivity (Wildman–Crippen MR) is 80.3 cm³/mol. The normalized spacial score (nSPS) is 23.0. The molecule has 1 unspecified atom stereocenters. The van der Waals surface area contributed by atoms with Crippen LogP contribution in [0.2, 0.25) is 0 Å². The molecule has 0 amide bonds. The molecule has 0 aromatic carbocycles. The molecule has 3 N–H and O–H groups in total. The number of anilines is 1. The summed E-state index contributed by atoms with van der Waals surface area (Å²) in [7, 11) is 0. The standard InChI is InChI=1S/C15H16F3N5O/c16-15(17,18)24-11-5-9(7-21-13(11)19)10-6-12-14(1-3-20-8-14)2-4-23(12)22-10/h5-7,20H,1-4,8H2,(H2,19,21). The van der Waals surface area contributed by atoms with E-state index in [9.17, 15) is 13.2 Å². The Kier molecular flexibility index (Phi) is 3.24. The van der Waals surface area contributed by atoms with Gasteiger partial charge in [0.05, 0.1) is 5.69 Å². The summed E-state index contributed by atoms with van der Waals surface area (Å²) < 4.78 is 43.2. The van der Waals surface area contributed by atoms with Crippen LogP contribution >= 0.6 is 0 Å². The van der Waals surface area contributed by atoms with Gasteiger partial charge >= 0.3 is 6.36 Å². The number of alkyl halides is 3. The molecule has 1 atom stereocenters. The molecule has 128 valence electrons. The third kappa shape index (κ3) is 2.48. The van der Waals surface area contributed by atoms with Crippen molar-refractivity contribution >= 4 is 5.82 Å². The minimum atomic E-state index is -4.82. The number of hydrogen-bond donors (Lipinski definition) is 2. The van der Waals surface area contributed by atoms with Crippen molar-refractivity contribution in [3.8, 4) is 17.0 Å². The molecular formula is C15H16F3N5O. The van der Waals surface area contributed by atoms with Gasteiger partial charge < -0.3 is 15.8 Å². The van der Waals surface area contributed by atoms with Gasteiger partial charge in [0.2, 0.25) is 0 Å². The smallest absolute Gasteiger partial charge is 0.402 e. The third-order valence-corrected chi connectivity index (χ3v) is 4.77. The third-order valence-electron chi connectivity index (χ3n) is 4.77. The van der Waals surface area contributed by atoms with Gasteiger partial charge in [-0.05, 0) is 31.5 Å². The van der Waals surface area contributed by atoms with E-state index in [1.807, 2.05) is 10.7 Å². The van der Waals surface area contributed by atoms with Gasteiger partial charge in [-0.2, -0.15) is 5.10 Å². The van der Waals surface area contributed by atoms with E-state index in [0.29, 0.717) is 11.3 Å². The number of pyridine rings is 1. The Hall–Kier alpha value is -2.29. The summed E-state index contributed by atoms with van der Waals surface area (Å²) in [5.74, 6) is -0.815. The van der Waals surface area contributed by atoms with Crippen molar-refractivity contribution in [3.63, 3.8) is 0 Å². The van der Waals surface area contributed by atoms with Crippen LogP contribution in [-0.4, -0.2) is 34.2 Å². The average molecular weight is 339 g/mol. The van der Waals surface area contributed by atoms with E-state index in [1.165, 1.54) is 12.3 Å². The van der Waals surface area contributed by atoms with Crippen LogP contribution in [0.4, 0.5) is 19.0 Å². The van der Waals surface area contributed by atoms with Crippen LogP contribution < -0.4 is 15.8 Å². The minimum absolute atomic E-state index is 0.0811. The topological polar surface area (TPSA) is 78.0 Å². The van der Waals surface area contributed by atoms with E-state index >= 15 is 0 Å². The van der Waals surface area contributed by atoms with Crippen LogP contribution in [0.5, 0.6) is 5.75 Å². The molecule has 24 heavy (non-hydrogen) atoms. The van der Waals surface area contributed by atoms with Crippen LogP contribution in [0.25, 0.3) is 11.3 Å². The van der Waals surface area contributed by atoms with Gasteiger partial charge in [0.1, 0.15) is 0 Å².